The highest BCUT2D eigenvalue weighted by molar-refractivity contribution is 7.99. The molecule has 0 aliphatic heterocycles. The van der Waals surface area contributed by atoms with E-state index in [0.717, 1.165) is 23.6 Å². The molecule has 6 nitrogen and oxygen atoms in total. The van der Waals surface area contributed by atoms with E-state index < -0.39 is 0 Å². The zero-order valence-corrected chi connectivity index (χ0v) is 19.7. The molecule has 164 valence electrons. The molecule has 0 amide bonds. The Morgan fingerprint density at radius 3 is 2.65 bits per heavy atom. The number of hydrogen-bond acceptors (Lipinski definition) is 6. The number of pyridine rings is 2. The molecular weight excluding hydrogens is 434 g/mol. The topological polar surface area (TPSA) is 64.4 Å². The van der Waals surface area contributed by atoms with Crippen LogP contribution in [-0.2, 0) is 16.1 Å². The van der Waals surface area contributed by atoms with E-state index in [-0.39, 0.29) is 24.5 Å². The van der Waals surface area contributed by atoms with Crippen LogP contribution >= 0.6 is 23.4 Å². The lowest BCUT2D eigenvalue weighted by Gasteiger charge is -2.40. The van der Waals surface area contributed by atoms with Crippen LogP contribution in [0, 0.1) is 5.92 Å². The number of anilines is 1. The minimum atomic E-state index is -0.380. The van der Waals surface area contributed by atoms with E-state index in [0.29, 0.717) is 38.9 Å². The van der Waals surface area contributed by atoms with Crippen LogP contribution in [0.4, 0.5) is 5.82 Å². The Hall–Kier alpha value is -2.25. The van der Waals surface area contributed by atoms with E-state index >= 15 is 0 Å². The summed E-state index contributed by atoms with van der Waals surface area (Å²) in [6, 6.07) is 7.58. The summed E-state index contributed by atoms with van der Waals surface area (Å²) >= 11 is 7.90. The van der Waals surface area contributed by atoms with Crippen molar-refractivity contribution in [3.63, 3.8) is 0 Å². The fraction of sp³-hybridized carbons (Fsp3) is 0.435. The molecule has 0 unspecified atom stereocenters. The molecule has 0 atom stereocenters. The summed E-state index contributed by atoms with van der Waals surface area (Å²) in [5.74, 6) is 1.12. The van der Waals surface area contributed by atoms with Gasteiger partial charge in [0, 0.05) is 18.5 Å². The monoisotopic (exact) mass is 459 g/mol. The molecule has 0 saturated heterocycles. The molecule has 1 fully saturated rings. The Morgan fingerprint density at radius 1 is 1.29 bits per heavy atom. The summed E-state index contributed by atoms with van der Waals surface area (Å²) in [5.41, 5.74) is 0.978. The number of rotatable bonds is 6. The number of halogens is 1. The minimum Gasteiger partial charge on any atom is -0.465 e. The summed E-state index contributed by atoms with van der Waals surface area (Å²) in [6.45, 7) is 4.26. The molecule has 3 aromatic rings. The summed E-state index contributed by atoms with van der Waals surface area (Å²) in [6.07, 6.45) is 4.14. The van der Waals surface area contributed by atoms with Crippen molar-refractivity contribution in [1.82, 2.24) is 9.55 Å². The van der Waals surface area contributed by atoms with Crippen LogP contribution in [0.25, 0.3) is 21.9 Å². The molecule has 2 aromatic heterocycles. The number of carbonyl (C=O) groups is 1. The predicted molar refractivity (Wildman–Crippen MR) is 128 cm³/mol. The third-order valence-corrected chi connectivity index (χ3v) is 7.26. The van der Waals surface area contributed by atoms with Crippen molar-refractivity contribution in [3.8, 4) is 0 Å². The number of carbonyl (C=O) groups excluding carboxylic acids is 1. The van der Waals surface area contributed by atoms with Crippen LogP contribution in [0.3, 0.4) is 0 Å². The average molecular weight is 460 g/mol. The van der Waals surface area contributed by atoms with Crippen molar-refractivity contribution in [2.24, 2.45) is 5.92 Å². The lowest BCUT2D eigenvalue weighted by atomic mass is 9.81. The van der Waals surface area contributed by atoms with Gasteiger partial charge in [-0.1, -0.05) is 18.5 Å². The van der Waals surface area contributed by atoms with Gasteiger partial charge in [0.15, 0.2) is 5.43 Å². The SMILES string of the molecule is CCOC(=O)Cn1c2nc(N(C)C3CC(C)C3)ccc2c(=O)c2ccc(Cl)c(SC)c21. The Bertz CT molecular complexity index is 1220. The van der Waals surface area contributed by atoms with Crippen molar-refractivity contribution < 1.29 is 9.53 Å². The summed E-state index contributed by atoms with van der Waals surface area (Å²) in [5, 5.41) is 1.53. The maximum Gasteiger partial charge on any atom is 0.326 e. The Labute approximate surface area is 190 Å². The number of esters is 1. The van der Waals surface area contributed by atoms with Crippen molar-refractivity contribution >= 4 is 57.1 Å². The molecule has 0 radical (unpaired) electrons. The maximum atomic E-state index is 13.3. The highest BCUT2D eigenvalue weighted by Gasteiger charge is 2.30. The van der Waals surface area contributed by atoms with Gasteiger partial charge in [0.1, 0.15) is 18.0 Å². The molecule has 1 saturated carbocycles. The zero-order valence-electron chi connectivity index (χ0n) is 18.1. The van der Waals surface area contributed by atoms with Crippen LogP contribution in [0.1, 0.15) is 26.7 Å². The quantitative estimate of drug-likeness (QED) is 0.302. The molecule has 1 aromatic carbocycles. The largest absolute Gasteiger partial charge is 0.465 e. The fourth-order valence-corrected chi connectivity index (χ4v) is 5.37. The van der Waals surface area contributed by atoms with Crippen molar-refractivity contribution in [3.05, 3.63) is 39.5 Å². The first-order valence-corrected chi connectivity index (χ1v) is 12.0. The number of fused-ring (bicyclic) bond motifs is 2. The zero-order chi connectivity index (χ0) is 22.3. The summed E-state index contributed by atoms with van der Waals surface area (Å²) in [7, 11) is 2.03. The predicted octanol–water partition coefficient (Wildman–Crippen LogP) is 4.72. The molecule has 31 heavy (non-hydrogen) atoms. The number of hydrogen-bond donors (Lipinski definition) is 0. The standard InChI is InChI=1S/C23H26ClN3O3S/c1-5-30-19(28)12-27-20-15(6-8-17(24)22(20)31-4)21(29)16-7-9-18(25-23(16)27)26(3)14-10-13(2)11-14/h6-9,13-14H,5,10-12H2,1-4H3. The molecule has 0 bridgehead atoms. The van der Waals surface area contributed by atoms with Gasteiger partial charge in [-0.3, -0.25) is 9.59 Å². The van der Waals surface area contributed by atoms with Gasteiger partial charge in [0.2, 0.25) is 0 Å². The molecule has 0 N–H and O–H groups in total. The maximum absolute atomic E-state index is 13.3. The smallest absolute Gasteiger partial charge is 0.326 e. The van der Waals surface area contributed by atoms with Gasteiger partial charge in [-0.25, -0.2) is 4.98 Å². The number of ether oxygens (including phenoxy) is 1. The second-order valence-corrected chi connectivity index (χ2v) is 9.30. The Morgan fingerprint density at radius 2 is 2.00 bits per heavy atom. The minimum absolute atomic E-state index is 0.0460. The van der Waals surface area contributed by atoms with Crippen LogP contribution in [-0.4, -0.2) is 41.5 Å². The number of nitrogens with zero attached hydrogens (tertiary/aromatic N) is 3. The van der Waals surface area contributed by atoms with Crippen molar-refractivity contribution in [2.45, 2.75) is 44.2 Å². The van der Waals surface area contributed by atoms with Gasteiger partial charge in [-0.05, 0) is 56.2 Å². The number of benzene rings is 1. The second kappa shape index (κ2) is 8.71. The first-order chi connectivity index (χ1) is 14.8. The first kappa shape index (κ1) is 22.0. The molecular formula is C23H26ClN3O3S. The Kier molecular flexibility index (Phi) is 6.17. The highest BCUT2D eigenvalue weighted by atomic mass is 35.5. The van der Waals surface area contributed by atoms with E-state index in [9.17, 15) is 9.59 Å². The summed E-state index contributed by atoms with van der Waals surface area (Å²) < 4.78 is 7.00. The van der Waals surface area contributed by atoms with Gasteiger partial charge in [-0.15, -0.1) is 11.8 Å². The van der Waals surface area contributed by atoms with E-state index in [1.165, 1.54) is 11.8 Å². The first-order valence-electron chi connectivity index (χ1n) is 10.4. The summed E-state index contributed by atoms with van der Waals surface area (Å²) in [4.78, 5) is 33.6. The number of thioether (sulfide) groups is 1. The molecule has 1 aliphatic carbocycles. The fourth-order valence-electron chi connectivity index (χ4n) is 4.31. The van der Waals surface area contributed by atoms with Crippen LogP contribution in [0.2, 0.25) is 5.02 Å². The molecule has 2 heterocycles. The van der Waals surface area contributed by atoms with Gasteiger partial charge in [0.05, 0.1) is 27.4 Å². The van der Waals surface area contributed by atoms with E-state index in [1.54, 1.807) is 23.6 Å². The lowest BCUT2D eigenvalue weighted by Crippen LogP contribution is -2.42. The molecule has 8 heteroatoms. The van der Waals surface area contributed by atoms with Gasteiger partial charge < -0.3 is 14.2 Å². The third kappa shape index (κ3) is 3.89. The number of aromatic nitrogens is 2. The van der Waals surface area contributed by atoms with Crippen molar-refractivity contribution in [1.29, 1.82) is 0 Å². The third-order valence-electron chi connectivity index (χ3n) is 6.01. The van der Waals surface area contributed by atoms with Crippen molar-refractivity contribution in [2.75, 3.05) is 24.8 Å². The normalized spacial score (nSPS) is 18.2. The van der Waals surface area contributed by atoms with E-state index in [2.05, 4.69) is 11.8 Å². The van der Waals surface area contributed by atoms with Gasteiger partial charge in [0.25, 0.3) is 0 Å². The van der Waals surface area contributed by atoms with E-state index in [4.69, 9.17) is 21.3 Å². The van der Waals surface area contributed by atoms with Gasteiger partial charge in [-0.2, -0.15) is 0 Å². The highest BCUT2D eigenvalue weighted by Crippen LogP contribution is 2.35. The lowest BCUT2D eigenvalue weighted by molar-refractivity contribution is -0.143. The van der Waals surface area contributed by atoms with Crippen LogP contribution in [0.15, 0.2) is 34.0 Å². The van der Waals surface area contributed by atoms with E-state index in [1.807, 2.05) is 25.4 Å². The second-order valence-electron chi connectivity index (χ2n) is 8.08. The van der Waals surface area contributed by atoms with Gasteiger partial charge >= 0.3 is 5.97 Å². The van der Waals surface area contributed by atoms with Crippen LogP contribution in [0.5, 0.6) is 0 Å². The van der Waals surface area contributed by atoms with Crippen LogP contribution < -0.4 is 10.3 Å². The average Bonchev–Trinajstić information content (AvgIpc) is 2.73. The Balaban J connectivity index is 1.99. The molecule has 4 rings (SSSR count). The molecule has 1 aliphatic rings. The molecule has 0 spiro atoms.